The second kappa shape index (κ2) is 6.47. The van der Waals surface area contributed by atoms with Crippen LogP contribution in [0.1, 0.15) is 18.9 Å². The van der Waals surface area contributed by atoms with E-state index in [1.807, 2.05) is 12.1 Å². The van der Waals surface area contributed by atoms with Crippen LogP contribution in [-0.4, -0.2) is 11.9 Å². The molecule has 1 atom stereocenters. The van der Waals surface area contributed by atoms with Gasteiger partial charge in [-0.15, -0.1) is 0 Å². The second-order valence-electron chi connectivity index (χ2n) is 3.38. The van der Waals surface area contributed by atoms with Crippen molar-refractivity contribution in [2.45, 2.75) is 13.3 Å². The summed E-state index contributed by atoms with van der Waals surface area (Å²) >= 11 is 3.45. The summed E-state index contributed by atoms with van der Waals surface area (Å²) in [5.41, 5.74) is 0.662. The average molecular weight is 268 g/mol. The highest BCUT2D eigenvalue weighted by Gasteiger charge is 2.04. The molecule has 1 aromatic carbocycles. The number of alkyl halides is 1. The molecule has 0 aliphatic rings. The molecule has 15 heavy (non-hydrogen) atoms. The molecule has 0 bridgehead atoms. The molecule has 0 saturated heterocycles. The van der Waals surface area contributed by atoms with E-state index >= 15 is 0 Å². The second-order valence-corrected chi connectivity index (χ2v) is 4.02. The molecule has 0 aliphatic heterocycles. The Kier molecular flexibility index (Phi) is 5.20. The van der Waals surface area contributed by atoms with Crippen LogP contribution in [0.4, 0.5) is 0 Å². The van der Waals surface area contributed by atoms with E-state index < -0.39 is 0 Å². The van der Waals surface area contributed by atoms with Gasteiger partial charge in [-0.25, -0.2) is 0 Å². The molecule has 1 aromatic rings. The third-order valence-electron chi connectivity index (χ3n) is 2.26. The molecule has 0 radical (unpaired) electrons. The molecule has 0 heterocycles. The fourth-order valence-electron chi connectivity index (χ4n) is 1.11. The standard InChI is InChI=1S/C12H14BrNO/c1-2-10(7-13)9-15-12-5-3-11(8-14)4-6-12/h3-6,10H,2,7,9H2,1H3. The van der Waals surface area contributed by atoms with Gasteiger partial charge in [0.05, 0.1) is 18.2 Å². The fraction of sp³-hybridized carbons (Fsp3) is 0.417. The zero-order valence-electron chi connectivity index (χ0n) is 8.74. The molecule has 1 rings (SSSR count). The maximum Gasteiger partial charge on any atom is 0.119 e. The number of hydrogen-bond acceptors (Lipinski definition) is 2. The Morgan fingerprint density at radius 3 is 2.53 bits per heavy atom. The van der Waals surface area contributed by atoms with Gasteiger partial charge >= 0.3 is 0 Å². The Morgan fingerprint density at radius 1 is 1.40 bits per heavy atom. The summed E-state index contributed by atoms with van der Waals surface area (Å²) in [6.45, 7) is 2.86. The number of ether oxygens (including phenoxy) is 1. The first kappa shape index (κ1) is 12.1. The van der Waals surface area contributed by atoms with E-state index in [0.29, 0.717) is 18.1 Å². The van der Waals surface area contributed by atoms with Crippen molar-refractivity contribution >= 4 is 15.9 Å². The van der Waals surface area contributed by atoms with Crippen LogP contribution in [0.5, 0.6) is 5.75 Å². The predicted molar refractivity (Wildman–Crippen MR) is 64.2 cm³/mol. The van der Waals surface area contributed by atoms with Crippen LogP contribution in [0.2, 0.25) is 0 Å². The van der Waals surface area contributed by atoms with E-state index in [1.165, 1.54) is 0 Å². The smallest absolute Gasteiger partial charge is 0.119 e. The molecule has 3 heteroatoms. The van der Waals surface area contributed by atoms with Gasteiger partial charge < -0.3 is 4.74 Å². The molecular weight excluding hydrogens is 254 g/mol. The minimum absolute atomic E-state index is 0.542. The third-order valence-corrected chi connectivity index (χ3v) is 3.18. The van der Waals surface area contributed by atoms with Gasteiger partial charge in [0, 0.05) is 11.2 Å². The molecule has 1 unspecified atom stereocenters. The maximum absolute atomic E-state index is 8.63. The molecule has 0 spiro atoms. The Balaban J connectivity index is 2.48. The number of nitriles is 1. The van der Waals surface area contributed by atoms with Crippen LogP contribution in [0.15, 0.2) is 24.3 Å². The topological polar surface area (TPSA) is 33.0 Å². The van der Waals surface area contributed by atoms with Crippen molar-refractivity contribution in [3.8, 4) is 11.8 Å². The maximum atomic E-state index is 8.63. The SMILES string of the molecule is CCC(CBr)COc1ccc(C#N)cc1. The number of halogens is 1. The monoisotopic (exact) mass is 267 g/mol. The minimum Gasteiger partial charge on any atom is -0.493 e. The first-order valence-electron chi connectivity index (χ1n) is 4.99. The minimum atomic E-state index is 0.542. The van der Waals surface area contributed by atoms with Gasteiger partial charge in [0.15, 0.2) is 0 Å². The van der Waals surface area contributed by atoms with Crippen molar-refractivity contribution in [1.82, 2.24) is 0 Å². The normalized spacial score (nSPS) is 11.8. The lowest BCUT2D eigenvalue weighted by Gasteiger charge is -2.12. The van der Waals surface area contributed by atoms with Gasteiger partial charge in [0.2, 0.25) is 0 Å². The summed E-state index contributed by atoms with van der Waals surface area (Å²) in [6, 6.07) is 9.28. The van der Waals surface area contributed by atoms with Crippen LogP contribution < -0.4 is 4.74 Å². The van der Waals surface area contributed by atoms with Crippen molar-refractivity contribution in [3.05, 3.63) is 29.8 Å². The number of nitrogens with zero attached hydrogens (tertiary/aromatic N) is 1. The Morgan fingerprint density at radius 2 is 2.07 bits per heavy atom. The van der Waals surface area contributed by atoms with Crippen molar-refractivity contribution in [2.75, 3.05) is 11.9 Å². The van der Waals surface area contributed by atoms with Gasteiger partial charge in [0.25, 0.3) is 0 Å². The highest BCUT2D eigenvalue weighted by molar-refractivity contribution is 9.09. The molecule has 0 saturated carbocycles. The number of hydrogen-bond donors (Lipinski definition) is 0. The highest BCUT2D eigenvalue weighted by atomic mass is 79.9. The van der Waals surface area contributed by atoms with E-state index in [-0.39, 0.29) is 0 Å². The molecular formula is C12H14BrNO. The lowest BCUT2D eigenvalue weighted by molar-refractivity contribution is 0.260. The van der Waals surface area contributed by atoms with Crippen molar-refractivity contribution in [2.24, 2.45) is 5.92 Å². The number of benzene rings is 1. The van der Waals surface area contributed by atoms with Crippen LogP contribution in [0.3, 0.4) is 0 Å². The Labute approximate surface area is 99.0 Å². The van der Waals surface area contributed by atoms with Crippen molar-refractivity contribution in [3.63, 3.8) is 0 Å². The van der Waals surface area contributed by atoms with Crippen LogP contribution in [0, 0.1) is 17.2 Å². The summed E-state index contributed by atoms with van der Waals surface area (Å²) in [4.78, 5) is 0. The van der Waals surface area contributed by atoms with Crippen molar-refractivity contribution < 1.29 is 4.74 Å². The third kappa shape index (κ3) is 3.93. The first-order valence-corrected chi connectivity index (χ1v) is 6.11. The van der Waals surface area contributed by atoms with Gasteiger partial charge in [-0.05, 0) is 30.7 Å². The fourth-order valence-corrected chi connectivity index (χ4v) is 1.76. The lowest BCUT2D eigenvalue weighted by Crippen LogP contribution is -2.12. The first-order chi connectivity index (χ1) is 7.30. The zero-order chi connectivity index (χ0) is 11.1. The summed E-state index contributed by atoms with van der Waals surface area (Å²) in [5, 5.41) is 9.58. The lowest BCUT2D eigenvalue weighted by atomic mass is 10.1. The molecule has 0 amide bonds. The summed E-state index contributed by atoms with van der Waals surface area (Å²) < 4.78 is 5.61. The van der Waals surface area contributed by atoms with Crippen LogP contribution >= 0.6 is 15.9 Å². The van der Waals surface area contributed by atoms with Gasteiger partial charge in [-0.3, -0.25) is 0 Å². The van der Waals surface area contributed by atoms with E-state index in [9.17, 15) is 0 Å². The van der Waals surface area contributed by atoms with E-state index in [2.05, 4.69) is 28.9 Å². The molecule has 0 aliphatic carbocycles. The van der Waals surface area contributed by atoms with Gasteiger partial charge in [0.1, 0.15) is 5.75 Å². The quantitative estimate of drug-likeness (QED) is 0.767. The highest BCUT2D eigenvalue weighted by Crippen LogP contribution is 2.14. The molecule has 0 N–H and O–H groups in total. The number of rotatable bonds is 5. The van der Waals surface area contributed by atoms with Gasteiger partial charge in [-0.2, -0.15) is 5.26 Å². The van der Waals surface area contributed by atoms with Crippen LogP contribution in [-0.2, 0) is 0 Å². The Hall–Kier alpha value is -1.01. The van der Waals surface area contributed by atoms with E-state index in [0.717, 1.165) is 17.5 Å². The van der Waals surface area contributed by atoms with Crippen molar-refractivity contribution in [1.29, 1.82) is 5.26 Å². The Bertz CT molecular complexity index is 324. The summed E-state index contributed by atoms with van der Waals surface area (Å²) in [7, 11) is 0. The van der Waals surface area contributed by atoms with Gasteiger partial charge in [-0.1, -0.05) is 22.9 Å². The summed E-state index contributed by atoms with van der Waals surface area (Å²) in [5.74, 6) is 1.37. The summed E-state index contributed by atoms with van der Waals surface area (Å²) in [6.07, 6.45) is 1.10. The van der Waals surface area contributed by atoms with Crippen LogP contribution in [0.25, 0.3) is 0 Å². The van der Waals surface area contributed by atoms with E-state index in [1.54, 1.807) is 12.1 Å². The largest absolute Gasteiger partial charge is 0.493 e. The predicted octanol–water partition coefficient (Wildman–Crippen LogP) is 3.36. The average Bonchev–Trinajstić information content (AvgIpc) is 2.31. The molecule has 0 fully saturated rings. The van der Waals surface area contributed by atoms with E-state index in [4.69, 9.17) is 10.00 Å². The zero-order valence-corrected chi connectivity index (χ0v) is 10.3. The molecule has 80 valence electrons. The molecule has 2 nitrogen and oxygen atoms in total. The molecule has 0 aromatic heterocycles.